The molecule has 2 unspecified atom stereocenters. The number of carboxylic acid groups (broad SMARTS) is 1. The van der Waals surface area contributed by atoms with E-state index in [-0.39, 0.29) is 12.3 Å². The molecule has 1 amide bonds. The third-order valence-electron chi connectivity index (χ3n) is 3.17. The average molecular weight is 332 g/mol. The fourth-order valence-corrected chi connectivity index (χ4v) is 2.62. The number of carbonyl (C=O) groups is 2. The normalized spacial score (nSPS) is 23.1. The van der Waals surface area contributed by atoms with Gasteiger partial charge in [-0.05, 0) is 28.1 Å². The molecule has 1 N–H and O–H groups in total. The van der Waals surface area contributed by atoms with Gasteiger partial charge in [-0.1, -0.05) is 0 Å². The standard InChI is InChI=1S/C12H14BrNO5/c1-18-5-4-14-10(15)6-7(12(16)17)11(14)8-2-3-9(13)19-8/h2-3,7,11H,4-6H2,1H3,(H,16,17). The number of likely N-dealkylation sites (tertiary alicyclic amines) is 1. The van der Waals surface area contributed by atoms with Crippen LogP contribution < -0.4 is 0 Å². The van der Waals surface area contributed by atoms with Crippen LogP contribution >= 0.6 is 15.9 Å². The number of carbonyl (C=O) groups excluding carboxylic acids is 1. The highest BCUT2D eigenvalue weighted by Crippen LogP contribution is 2.39. The molecule has 1 fully saturated rings. The molecule has 6 nitrogen and oxygen atoms in total. The Kier molecular flexibility index (Phi) is 4.26. The second-order valence-electron chi connectivity index (χ2n) is 4.32. The van der Waals surface area contributed by atoms with E-state index < -0.39 is 17.9 Å². The van der Waals surface area contributed by atoms with E-state index in [2.05, 4.69) is 15.9 Å². The van der Waals surface area contributed by atoms with Gasteiger partial charge >= 0.3 is 5.97 Å². The number of carboxylic acids is 1. The molecule has 2 rings (SSSR count). The molecule has 0 spiro atoms. The Morgan fingerprint density at radius 1 is 1.63 bits per heavy atom. The van der Waals surface area contributed by atoms with Crippen molar-refractivity contribution in [1.29, 1.82) is 0 Å². The summed E-state index contributed by atoms with van der Waals surface area (Å²) in [6.07, 6.45) is -0.0119. The van der Waals surface area contributed by atoms with Crippen LogP contribution in [0.2, 0.25) is 0 Å². The van der Waals surface area contributed by atoms with Gasteiger partial charge in [0.25, 0.3) is 0 Å². The summed E-state index contributed by atoms with van der Waals surface area (Å²) in [5, 5.41) is 9.25. The molecule has 0 radical (unpaired) electrons. The number of amides is 1. The molecule has 0 bridgehead atoms. The SMILES string of the molecule is COCCN1C(=O)CC(C(=O)O)C1c1ccc(Br)o1. The van der Waals surface area contributed by atoms with E-state index in [1.165, 1.54) is 12.0 Å². The average Bonchev–Trinajstić information content (AvgIpc) is 2.90. The van der Waals surface area contributed by atoms with E-state index in [0.29, 0.717) is 23.6 Å². The number of nitrogens with zero attached hydrogens (tertiary/aromatic N) is 1. The van der Waals surface area contributed by atoms with Crippen LogP contribution in [0.5, 0.6) is 0 Å². The van der Waals surface area contributed by atoms with Crippen molar-refractivity contribution in [3.05, 3.63) is 22.6 Å². The van der Waals surface area contributed by atoms with Crippen LogP contribution in [0.25, 0.3) is 0 Å². The van der Waals surface area contributed by atoms with Crippen molar-refractivity contribution in [2.75, 3.05) is 20.3 Å². The molecular formula is C12H14BrNO5. The van der Waals surface area contributed by atoms with Gasteiger partial charge in [0, 0.05) is 20.1 Å². The van der Waals surface area contributed by atoms with Crippen LogP contribution in [0.3, 0.4) is 0 Å². The molecule has 2 heterocycles. The molecular weight excluding hydrogens is 318 g/mol. The molecule has 19 heavy (non-hydrogen) atoms. The number of halogens is 1. The monoisotopic (exact) mass is 331 g/mol. The second kappa shape index (κ2) is 5.75. The first-order chi connectivity index (χ1) is 9.04. The van der Waals surface area contributed by atoms with E-state index in [0.717, 1.165) is 0 Å². The van der Waals surface area contributed by atoms with Gasteiger partial charge in [-0.3, -0.25) is 9.59 Å². The molecule has 2 atom stereocenters. The van der Waals surface area contributed by atoms with E-state index in [9.17, 15) is 14.7 Å². The van der Waals surface area contributed by atoms with Crippen LogP contribution in [0.15, 0.2) is 21.2 Å². The molecule has 1 aromatic heterocycles. The molecule has 0 saturated carbocycles. The zero-order valence-electron chi connectivity index (χ0n) is 10.3. The maximum absolute atomic E-state index is 11.9. The number of aliphatic carboxylic acids is 1. The first kappa shape index (κ1) is 14.1. The van der Waals surface area contributed by atoms with E-state index >= 15 is 0 Å². The maximum Gasteiger partial charge on any atom is 0.309 e. The van der Waals surface area contributed by atoms with Gasteiger partial charge in [0.1, 0.15) is 11.8 Å². The fraction of sp³-hybridized carbons (Fsp3) is 0.500. The summed E-state index contributed by atoms with van der Waals surface area (Å²) in [6.45, 7) is 0.707. The van der Waals surface area contributed by atoms with Crippen LogP contribution in [0.1, 0.15) is 18.2 Å². The van der Waals surface area contributed by atoms with Gasteiger partial charge in [0.05, 0.1) is 12.5 Å². The van der Waals surface area contributed by atoms with Crippen LogP contribution in [0, 0.1) is 5.92 Å². The smallest absolute Gasteiger partial charge is 0.309 e. The van der Waals surface area contributed by atoms with Crippen molar-refractivity contribution in [2.45, 2.75) is 12.5 Å². The van der Waals surface area contributed by atoms with Crippen LogP contribution in [-0.4, -0.2) is 42.1 Å². The lowest BCUT2D eigenvalue weighted by Crippen LogP contribution is -2.33. The van der Waals surface area contributed by atoms with Crippen molar-refractivity contribution < 1.29 is 23.8 Å². The lowest BCUT2D eigenvalue weighted by molar-refractivity contribution is -0.143. The maximum atomic E-state index is 11.9. The Morgan fingerprint density at radius 2 is 2.37 bits per heavy atom. The van der Waals surface area contributed by atoms with Crippen molar-refractivity contribution in [3.63, 3.8) is 0 Å². The minimum Gasteiger partial charge on any atom is -0.481 e. The second-order valence-corrected chi connectivity index (χ2v) is 5.10. The third-order valence-corrected chi connectivity index (χ3v) is 3.60. The topological polar surface area (TPSA) is 80.0 Å². The summed E-state index contributed by atoms with van der Waals surface area (Å²) in [6, 6.07) is 2.79. The zero-order chi connectivity index (χ0) is 14.0. The number of hydrogen-bond acceptors (Lipinski definition) is 4. The van der Waals surface area contributed by atoms with Gasteiger partial charge < -0.3 is 19.2 Å². The van der Waals surface area contributed by atoms with Gasteiger partial charge in [-0.2, -0.15) is 0 Å². The molecule has 1 aliphatic rings. The molecule has 104 valence electrons. The zero-order valence-corrected chi connectivity index (χ0v) is 11.9. The molecule has 1 saturated heterocycles. The van der Waals surface area contributed by atoms with Gasteiger partial charge in [0.15, 0.2) is 4.67 Å². The van der Waals surface area contributed by atoms with Gasteiger partial charge in [-0.25, -0.2) is 0 Å². The lowest BCUT2D eigenvalue weighted by atomic mass is 9.98. The molecule has 0 aliphatic carbocycles. The summed E-state index contributed by atoms with van der Waals surface area (Å²) in [7, 11) is 1.54. The van der Waals surface area contributed by atoms with Crippen molar-refractivity contribution >= 4 is 27.8 Å². The Hall–Kier alpha value is -1.34. The van der Waals surface area contributed by atoms with Gasteiger partial charge in [-0.15, -0.1) is 0 Å². The minimum atomic E-state index is -0.995. The van der Waals surface area contributed by atoms with Crippen molar-refractivity contribution in [2.24, 2.45) is 5.92 Å². The van der Waals surface area contributed by atoms with E-state index in [1.54, 1.807) is 12.1 Å². The van der Waals surface area contributed by atoms with Gasteiger partial charge in [0.2, 0.25) is 5.91 Å². The highest BCUT2D eigenvalue weighted by molar-refractivity contribution is 9.10. The summed E-state index contributed by atoms with van der Waals surface area (Å²) in [4.78, 5) is 24.7. The molecule has 7 heteroatoms. The number of ether oxygens (including phenoxy) is 1. The number of methoxy groups -OCH3 is 1. The third kappa shape index (κ3) is 2.82. The summed E-state index contributed by atoms with van der Waals surface area (Å²) in [5.74, 6) is -1.50. The highest BCUT2D eigenvalue weighted by atomic mass is 79.9. The molecule has 1 aromatic rings. The number of furan rings is 1. The Bertz CT molecular complexity index is 486. The minimum absolute atomic E-state index is 0.0119. The lowest BCUT2D eigenvalue weighted by Gasteiger charge is -2.24. The van der Waals surface area contributed by atoms with Crippen LogP contribution in [-0.2, 0) is 14.3 Å². The highest BCUT2D eigenvalue weighted by Gasteiger charge is 2.46. The van der Waals surface area contributed by atoms with Crippen LogP contribution in [0.4, 0.5) is 0 Å². The van der Waals surface area contributed by atoms with Crippen molar-refractivity contribution in [1.82, 2.24) is 4.90 Å². The number of rotatable bonds is 5. The number of hydrogen-bond donors (Lipinski definition) is 1. The Labute approximate surface area is 118 Å². The predicted octanol–water partition coefficient (Wildman–Crippen LogP) is 1.66. The van der Waals surface area contributed by atoms with E-state index in [4.69, 9.17) is 9.15 Å². The summed E-state index contributed by atoms with van der Waals surface area (Å²) < 4.78 is 10.9. The Balaban J connectivity index is 2.30. The largest absolute Gasteiger partial charge is 0.481 e. The summed E-state index contributed by atoms with van der Waals surface area (Å²) >= 11 is 3.18. The molecule has 0 aromatic carbocycles. The van der Waals surface area contributed by atoms with E-state index in [1.807, 2.05) is 0 Å². The molecule has 1 aliphatic heterocycles. The quantitative estimate of drug-likeness (QED) is 0.887. The summed E-state index contributed by atoms with van der Waals surface area (Å²) in [5.41, 5.74) is 0. The van der Waals surface area contributed by atoms with Crippen molar-refractivity contribution in [3.8, 4) is 0 Å². The first-order valence-corrected chi connectivity index (χ1v) is 6.60. The predicted molar refractivity (Wildman–Crippen MR) is 68.5 cm³/mol. The first-order valence-electron chi connectivity index (χ1n) is 5.81. The fourth-order valence-electron chi connectivity index (χ4n) is 2.30. The Morgan fingerprint density at radius 3 is 2.89 bits per heavy atom.